The Kier molecular flexibility index (Phi) is 3.00. The van der Waals surface area contributed by atoms with Crippen LogP contribution in [0.4, 0.5) is 10.1 Å². The highest BCUT2D eigenvalue weighted by Crippen LogP contribution is 2.34. The van der Waals surface area contributed by atoms with E-state index in [1.54, 1.807) is 13.0 Å². The zero-order valence-electron chi connectivity index (χ0n) is 9.41. The maximum atomic E-state index is 13.0. The molecular formula is C12H13ClFNO2. The molecule has 0 amide bonds. The molecule has 5 heteroatoms. The molecule has 1 saturated heterocycles. The minimum absolute atomic E-state index is 0.0615. The number of aliphatic carboxylic acids is 1. The van der Waals surface area contributed by atoms with Crippen LogP contribution in [0.3, 0.4) is 0 Å². The SMILES string of the molecule is CC1(C(=O)O)CCN(c2ccc(F)c(Cl)c2)C1. The molecule has 3 nitrogen and oxygen atoms in total. The second-order valence-corrected chi connectivity index (χ2v) is 5.04. The van der Waals surface area contributed by atoms with Crippen molar-refractivity contribution in [2.24, 2.45) is 5.41 Å². The van der Waals surface area contributed by atoms with Gasteiger partial charge in [0.2, 0.25) is 0 Å². The monoisotopic (exact) mass is 257 g/mol. The Morgan fingerprint density at radius 2 is 2.29 bits per heavy atom. The quantitative estimate of drug-likeness (QED) is 0.886. The second-order valence-electron chi connectivity index (χ2n) is 4.64. The predicted molar refractivity (Wildman–Crippen MR) is 64.0 cm³/mol. The first-order valence-electron chi connectivity index (χ1n) is 5.36. The van der Waals surface area contributed by atoms with Gasteiger partial charge in [0.05, 0.1) is 10.4 Å². The lowest BCUT2D eigenvalue weighted by Crippen LogP contribution is -2.31. The molecule has 0 saturated carbocycles. The van der Waals surface area contributed by atoms with E-state index in [0.717, 1.165) is 5.69 Å². The summed E-state index contributed by atoms with van der Waals surface area (Å²) >= 11 is 5.71. The maximum absolute atomic E-state index is 13.0. The van der Waals surface area contributed by atoms with Crippen LogP contribution in [0.2, 0.25) is 5.02 Å². The van der Waals surface area contributed by atoms with Crippen LogP contribution in [-0.4, -0.2) is 24.2 Å². The minimum atomic E-state index is -0.798. The van der Waals surface area contributed by atoms with Gasteiger partial charge >= 0.3 is 5.97 Å². The number of hydrogen-bond acceptors (Lipinski definition) is 2. The highest BCUT2D eigenvalue weighted by molar-refractivity contribution is 6.31. The normalized spacial score (nSPS) is 24.1. The number of carboxylic acid groups (broad SMARTS) is 1. The Labute approximate surface area is 104 Å². The van der Waals surface area contributed by atoms with E-state index in [0.29, 0.717) is 19.5 Å². The van der Waals surface area contributed by atoms with Crippen molar-refractivity contribution in [3.05, 3.63) is 29.0 Å². The van der Waals surface area contributed by atoms with Crippen LogP contribution in [0.25, 0.3) is 0 Å². The van der Waals surface area contributed by atoms with E-state index >= 15 is 0 Å². The van der Waals surface area contributed by atoms with Crippen LogP contribution in [0.15, 0.2) is 18.2 Å². The van der Waals surface area contributed by atoms with Gasteiger partial charge in [-0.25, -0.2) is 4.39 Å². The second kappa shape index (κ2) is 4.18. The highest BCUT2D eigenvalue weighted by atomic mass is 35.5. The third-order valence-corrected chi connectivity index (χ3v) is 3.55. The van der Waals surface area contributed by atoms with E-state index in [2.05, 4.69) is 0 Å². The third kappa shape index (κ3) is 2.22. The molecule has 1 aliphatic rings. The molecule has 0 radical (unpaired) electrons. The zero-order valence-corrected chi connectivity index (χ0v) is 10.2. The molecule has 17 heavy (non-hydrogen) atoms. The molecule has 0 bridgehead atoms. The molecule has 1 heterocycles. The summed E-state index contributed by atoms with van der Waals surface area (Å²) in [5.74, 6) is -1.26. The van der Waals surface area contributed by atoms with Crippen LogP contribution in [-0.2, 0) is 4.79 Å². The Balaban J connectivity index is 2.21. The molecule has 1 aromatic rings. The minimum Gasteiger partial charge on any atom is -0.481 e. The fourth-order valence-corrected chi connectivity index (χ4v) is 2.21. The number of benzene rings is 1. The van der Waals surface area contributed by atoms with Crippen LogP contribution >= 0.6 is 11.6 Å². The van der Waals surface area contributed by atoms with Crippen molar-refractivity contribution in [1.29, 1.82) is 0 Å². The highest BCUT2D eigenvalue weighted by Gasteiger charge is 2.40. The van der Waals surface area contributed by atoms with Crippen molar-refractivity contribution in [3.63, 3.8) is 0 Å². The summed E-state index contributed by atoms with van der Waals surface area (Å²) in [4.78, 5) is 13.0. The van der Waals surface area contributed by atoms with Gasteiger partial charge in [0, 0.05) is 18.8 Å². The van der Waals surface area contributed by atoms with Gasteiger partial charge in [-0.2, -0.15) is 0 Å². The van der Waals surface area contributed by atoms with Crippen LogP contribution in [0.5, 0.6) is 0 Å². The lowest BCUT2D eigenvalue weighted by atomic mass is 9.90. The van der Waals surface area contributed by atoms with Crippen molar-refractivity contribution in [3.8, 4) is 0 Å². The summed E-state index contributed by atoms with van der Waals surface area (Å²) in [5.41, 5.74) is 0.0299. The molecule has 1 aliphatic heterocycles. The first-order valence-corrected chi connectivity index (χ1v) is 5.73. The molecule has 1 unspecified atom stereocenters. The zero-order chi connectivity index (χ0) is 12.6. The first kappa shape index (κ1) is 12.2. The summed E-state index contributed by atoms with van der Waals surface area (Å²) in [5, 5.41) is 9.18. The summed E-state index contributed by atoms with van der Waals surface area (Å²) in [7, 11) is 0. The Bertz CT molecular complexity index is 466. The van der Waals surface area contributed by atoms with Gasteiger partial charge in [-0.3, -0.25) is 4.79 Å². The summed E-state index contributed by atoms with van der Waals surface area (Å²) in [6, 6.07) is 4.45. The van der Waals surface area contributed by atoms with Gasteiger partial charge in [-0.15, -0.1) is 0 Å². The predicted octanol–water partition coefficient (Wildman–Crippen LogP) is 2.78. The number of hydrogen-bond donors (Lipinski definition) is 1. The fourth-order valence-electron chi connectivity index (χ4n) is 2.04. The van der Waals surface area contributed by atoms with Crippen molar-refractivity contribution in [1.82, 2.24) is 0 Å². The molecule has 1 fully saturated rings. The topological polar surface area (TPSA) is 40.5 Å². The molecule has 1 atom stereocenters. The van der Waals surface area contributed by atoms with E-state index in [9.17, 15) is 9.18 Å². The largest absolute Gasteiger partial charge is 0.481 e. The molecule has 0 spiro atoms. The van der Waals surface area contributed by atoms with Gasteiger partial charge in [0.25, 0.3) is 0 Å². The lowest BCUT2D eigenvalue weighted by molar-refractivity contribution is -0.146. The summed E-state index contributed by atoms with van der Waals surface area (Å²) < 4.78 is 13.0. The smallest absolute Gasteiger partial charge is 0.311 e. The van der Waals surface area contributed by atoms with E-state index in [-0.39, 0.29) is 5.02 Å². The molecule has 1 aromatic carbocycles. The van der Waals surface area contributed by atoms with Gasteiger partial charge in [-0.1, -0.05) is 11.6 Å². The fraction of sp³-hybridized carbons (Fsp3) is 0.417. The molecule has 0 aliphatic carbocycles. The maximum Gasteiger partial charge on any atom is 0.311 e. The number of nitrogens with zero attached hydrogens (tertiary/aromatic N) is 1. The van der Waals surface area contributed by atoms with Crippen LogP contribution in [0.1, 0.15) is 13.3 Å². The Morgan fingerprint density at radius 3 is 2.82 bits per heavy atom. The average Bonchev–Trinajstić information content (AvgIpc) is 2.67. The van der Waals surface area contributed by atoms with Crippen molar-refractivity contribution in [2.75, 3.05) is 18.0 Å². The van der Waals surface area contributed by atoms with E-state index in [1.165, 1.54) is 12.1 Å². The molecule has 1 N–H and O–H groups in total. The molecule has 2 rings (SSSR count). The van der Waals surface area contributed by atoms with E-state index in [4.69, 9.17) is 16.7 Å². The number of carbonyl (C=O) groups is 1. The summed E-state index contributed by atoms with van der Waals surface area (Å²) in [6.07, 6.45) is 0.581. The molecular weight excluding hydrogens is 245 g/mol. The van der Waals surface area contributed by atoms with Gasteiger partial charge in [0.1, 0.15) is 5.82 Å². The van der Waals surface area contributed by atoms with Crippen molar-refractivity contribution in [2.45, 2.75) is 13.3 Å². The first-order chi connectivity index (χ1) is 7.92. The average molecular weight is 258 g/mol. The molecule has 0 aromatic heterocycles. The van der Waals surface area contributed by atoms with E-state index in [1.807, 2.05) is 4.90 Å². The third-order valence-electron chi connectivity index (χ3n) is 3.26. The standard InChI is InChI=1S/C12H13ClFNO2/c1-12(11(16)17)4-5-15(7-12)8-2-3-10(14)9(13)6-8/h2-3,6H,4-5,7H2,1H3,(H,16,17). The Morgan fingerprint density at radius 1 is 1.59 bits per heavy atom. The number of rotatable bonds is 2. The number of halogens is 2. The van der Waals surface area contributed by atoms with E-state index < -0.39 is 17.2 Å². The van der Waals surface area contributed by atoms with Gasteiger partial charge < -0.3 is 10.0 Å². The Hall–Kier alpha value is -1.29. The van der Waals surface area contributed by atoms with Gasteiger partial charge in [-0.05, 0) is 31.5 Å². The van der Waals surface area contributed by atoms with Gasteiger partial charge in [0.15, 0.2) is 0 Å². The lowest BCUT2D eigenvalue weighted by Gasteiger charge is -2.22. The molecule has 92 valence electrons. The van der Waals surface area contributed by atoms with Crippen LogP contribution < -0.4 is 4.90 Å². The summed E-state index contributed by atoms with van der Waals surface area (Å²) in [6.45, 7) is 2.79. The number of anilines is 1. The number of carboxylic acids is 1. The van der Waals surface area contributed by atoms with Crippen LogP contribution in [0, 0.1) is 11.2 Å². The van der Waals surface area contributed by atoms with Crippen molar-refractivity contribution >= 4 is 23.3 Å². The van der Waals surface area contributed by atoms with Crippen molar-refractivity contribution < 1.29 is 14.3 Å².